The summed E-state index contributed by atoms with van der Waals surface area (Å²) < 4.78 is 36.4. The minimum Gasteiger partial charge on any atom is -0.490 e. The summed E-state index contributed by atoms with van der Waals surface area (Å²) in [5, 5.41) is 3.18. The first kappa shape index (κ1) is 27.4. The van der Waals surface area contributed by atoms with Crippen LogP contribution in [0.4, 0.5) is 0 Å². The predicted octanol–water partition coefficient (Wildman–Crippen LogP) is 4.80. The quantitative estimate of drug-likeness (QED) is 0.361. The van der Waals surface area contributed by atoms with Crippen LogP contribution < -0.4 is 14.8 Å². The molecule has 7 nitrogen and oxygen atoms in total. The van der Waals surface area contributed by atoms with Gasteiger partial charge in [0.1, 0.15) is 5.75 Å². The van der Waals surface area contributed by atoms with E-state index in [2.05, 4.69) is 22.2 Å². The molecule has 2 aliphatic carbocycles. The summed E-state index contributed by atoms with van der Waals surface area (Å²) in [6, 6.07) is 27.1. The van der Waals surface area contributed by atoms with E-state index < -0.39 is 10.2 Å². The van der Waals surface area contributed by atoms with Crippen molar-refractivity contribution in [3.8, 4) is 5.75 Å². The van der Waals surface area contributed by atoms with Crippen molar-refractivity contribution in [2.45, 2.75) is 62.6 Å². The minimum absolute atomic E-state index is 0.146. The van der Waals surface area contributed by atoms with Gasteiger partial charge in [-0.25, -0.2) is 0 Å². The average Bonchev–Trinajstić information content (AvgIpc) is 3.78. The van der Waals surface area contributed by atoms with Crippen LogP contribution in [0, 0.1) is 0 Å². The third kappa shape index (κ3) is 6.87. The Morgan fingerprint density at radius 2 is 1.51 bits per heavy atom. The molecule has 5 rings (SSSR count). The van der Waals surface area contributed by atoms with Crippen molar-refractivity contribution >= 4 is 16.1 Å². The van der Waals surface area contributed by atoms with E-state index in [4.69, 9.17) is 4.74 Å². The molecule has 206 valence electrons. The number of nitrogens with zero attached hydrogens (tertiary/aromatic N) is 1. The Morgan fingerprint density at radius 3 is 2.18 bits per heavy atom. The fraction of sp³-hybridized carbons (Fsp3) is 0.387. The number of carbonyl (C=O) groups excluding carboxylic acids is 1. The van der Waals surface area contributed by atoms with Crippen molar-refractivity contribution in [1.82, 2.24) is 14.3 Å². The molecule has 2 saturated carbocycles. The van der Waals surface area contributed by atoms with Gasteiger partial charge in [0.05, 0.1) is 11.7 Å². The maximum atomic E-state index is 13.3. The number of para-hydroxylation sites is 1. The molecule has 0 aliphatic heterocycles. The maximum Gasteiger partial charge on any atom is 0.279 e. The van der Waals surface area contributed by atoms with Gasteiger partial charge in [0.15, 0.2) is 0 Å². The van der Waals surface area contributed by atoms with Crippen LogP contribution in [0.15, 0.2) is 84.9 Å². The molecular formula is C31H37N3O4S. The van der Waals surface area contributed by atoms with Gasteiger partial charge in [0.2, 0.25) is 0 Å². The molecule has 0 unspecified atom stereocenters. The molecule has 0 heterocycles. The third-order valence-corrected chi connectivity index (χ3v) is 9.42. The first-order valence-corrected chi connectivity index (χ1v) is 15.2. The smallest absolute Gasteiger partial charge is 0.279 e. The second-order valence-electron chi connectivity index (χ2n) is 10.8. The van der Waals surface area contributed by atoms with Crippen molar-refractivity contribution in [3.63, 3.8) is 0 Å². The first-order valence-electron chi connectivity index (χ1n) is 13.7. The molecule has 3 aromatic carbocycles. The van der Waals surface area contributed by atoms with Crippen LogP contribution in [-0.2, 0) is 22.2 Å². The number of nitrogens with one attached hydrogen (secondary N) is 2. The fourth-order valence-electron chi connectivity index (χ4n) is 5.34. The summed E-state index contributed by atoms with van der Waals surface area (Å²) in [7, 11) is -2.03. The number of hydrogen-bond donors (Lipinski definition) is 2. The van der Waals surface area contributed by atoms with Crippen LogP contribution in [0.3, 0.4) is 0 Å². The first-order chi connectivity index (χ1) is 18.8. The van der Waals surface area contributed by atoms with Crippen LogP contribution in [-0.4, -0.2) is 44.4 Å². The number of hydrogen-bond acceptors (Lipinski definition) is 4. The number of benzene rings is 3. The molecule has 8 heteroatoms. The number of rotatable bonds is 11. The van der Waals surface area contributed by atoms with Crippen LogP contribution in [0.5, 0.6) is 5.75 Å². The molecule has 2 aliphatic rings. The lowest BCUT2D eigenvalue weighted by molar-refractivity contribution is 0.0930. The molecule has 2 fully saturated rings. The van der Waals surface area contributed by atoms with E-state index in [9.17, 15) is 13.2 Å². The zero-order valence-electron chi connectivity index (χ0n) is 22.4. The Balaban J connectivity index is 1.24. The molecule has 0 radical (unpaired) electrons. The van der Waals surface area contributed by atoms with Gasteiger partial charge in [-0.1, -0.05) is 72.8 Å². The molecule has 2 N–H and O–H groups in total. The number of amides is 1. The molecule has 0 saturated heterocycles. The standard InChI is InChI=1S/C31H37N3O4S/c1-34(22-24-10-4-2-5-11-24)39(36,37)33-26-18-20-31(21-19-26,25-12-6-3-7-13-25)23-32-30(35)28-14-8-9-15-29(28)38-27-16-17-27/h2-15,26-27,33H,16-23H2,1H3,(H,32,35). The van der Waals surface area contributed by atoms with Gasteiger partial charge in [-0.05, 0) is 61.8 Å². The second-order valence-corrected chi connectivity index (χ2v) is 12.6. The third-order valence-electron chi connectivity index (χ3n) is 7.84. The van der Waals surface area contributed by atoms with E-state index >= 15 is 0 Å². The minimum atomic E-state index is -3.63. The molecule has 1 amide bonds. The lowest BCUT2D eigenvalue weighted by Gasteiger charge is -2.41. The summed E-state index contributed by atoms with van der Waals surface area (Å²) in [4.78, 5) is 13.3. The Bertz CT molecular complexity index is 1350. The number of ether oxygens (including phenoxy) is 1. The largest absolute Gasteiger partial charge is 0.490 e. The van der Waals surface area contributed by atoms with Crippen LogP contribution in [0.1, 0.15) is 60.0 Å². The van der Waals surface area contributed by atoms with E-state index in [1.165, 1.54) is 4.31 Å². The maximum absolute atomic E-state index is 13.3. The van der Waals surface area contributed by atoms with Gasteiger partial charge in [-0.15, -0.1) is 0 Å². The van der Waals surface area contributed by atoms with Crippen LogP contribution in [0.25, 0.3) is 0 Å². The summed E-state index contributed by atoms with van der Waals surface area (Å²) in [5.41, 5.74) is 2.38. The van der Waals surface area contributed by atoms with E-state index in [0.717, 1.165) is 36.8 Å². The topological polar surface area (TPSA) is 87.7 Å². The van der Waals surface area contributed by atoms with Crippen molar-refractivity contribution < 1.29 is 17.9 Å². The van der Waals surface area contributed by atoms with Gasteiger partial charge < -0.3 is 10.1 Å². The highest BCUT2D eigenvalue weighted by Crippen LogP contribution is 2.39. The summed E-state index contributed by atoms with van der Waals surface area (Å²) in [6.45, 7) is 0.788. The Labute approximate surface area is 231 Å². The normalized spacial score (nSPS) is 21.4. The monoisotopic (exact) mass is 547 g/mol. The van der Waals surface area contributed by atoms with Gasteiger partial charge in [0.25, 0.3) is 16.1 Å². The summed E-state index contributed by atoms with van der Waals surface area (Å²) >= 11 is 0. The van der Waals surface area contributed by atoms with Crippen LogP contribution >= 0.6 is 0 Å². The highest BCUT2D eigenvalue weighted by molar-refractivity contribution is 7.87. The molecule has 0 bridgehead atoms. The Morgan fingerprint density at radius 1 is 0.897 bits per heavy atom. The summed E-state index contributed by atoms with van der Waals surface area (Å²) in [5.74, 6) is 0.482. The molecule has 0 aromatic heterocycles. The van der Waals surface area contributed by atoms with E-state index in [-0.39, 0.29) is 23.5 Å². The highest BCUT2D eigenvalue weighted by atomic mass is 32.2. The molecular weight excluding hydrogens is 510 g/mol. The molecule has 0 spiro atoms. The fourth-order valence-corrected chi connectivity index (χ4v) is 6.50. The van der Waals surface area contributed by atoms with Gasteiger partial charge in [0, 0.05) is 31.6 Å². The van der Waals surface area contributed by atoms with E-state index in [0.29, 0.717) is 37.2 Å². The van der Waals surface area contributed by atoms with E-state index in [1.807, 2.05) is 66.7 Å². The highest BCUT2D eigenvalue weighted by Gasteiger charge is 2.39. The molecule has 3 aromatic rings. The lowest BCUT2D eigenvalue weighted by Crippen LogP contribution is -2.49. The van der Waals surface area contributed by atoms with Crippen molar-refractivity contribution in [3.05, 3.63) is 102 Å². The average molecular weight is 548 g/mol. The Hall–Kier alpha value is -3.20. The SMILES string of the molecule is CN(Cc1ccccc1)S(=O)(=O)NC1CCC(CNC(=O)c2ccccc2OC2CC2)(c2ccccc2)CC1. The van der Waals surface area contributed by atoms with E-state index in [1.54, 1.807) is 13.1 Å². The van der Waals surface area contributed by atoms with Gasteiger partial charge in [-0.3, -0.25) is 4.79 Å². The van der Waals surface area contributed by atoms with Gasteiger partial charge in [-0.2, -0.15) is 17.4 Å². The predicted molar refractivity (Wildman–Crippen MR) is 153 cm³/mol. The molecule has 39 heavy (non-hydrogen) atoms. The van der Waals surface area contributed by atoms with Gasteiger partial charge >= 0.3 is 0 Å². The lowest BCUT2D eigenvalue weighted by atomic mass is 9.68. The second kappa shape index (κ2) is 11.9. The van der Waals surface area contributed by atoms with Crippen molar-refractivity contribution in [2.24, 2.45) is 0 Å². The van der Waals surface area contributed by atoms with Crippen LogP contribution in [0.2, 0.25) is 0 Å². The van der Waals surface area contributed by atoms with Crippen molar-refractivity contribution in [1.29, 1.82) is 0 Å². The van der Waals surface area contributed by atoms with Crippen molar-refractivity contribution in [2.75, 3.05) is 13.6 Å². The Kier molecular flexibility index (Phi) is 8.35. The zero-order valence-corrected chi connectivity index (χ0v) is 23.2. The zero-order chi connectivity index (χ0) is 27.3. The number of carbonyl (C=O) groups is 1. The summed E-state index contributed by atoms with van der Waals surface area (Å²) in [6.07, 6.45) is 5.15. The molecule has 0 atom stereocenters.